The van der Waals surface area contributed by atoms with Gasteiger partial charge in [0.1, 0.15) is 0 Å². The number of hydrogen-bond donors (Lipinski definition) is 1. The van der Waals surface area contributed by atoms with Crippen LogP contribution in [0.2, 0.25) is 0 Å². The SMILES string of the molecule is CCCn1c(SCC(=O)Nc2cccc(C(F)(F)F)c2)nnc1-c1ccncc1. The van der Waals surface area contributed by atoms with Crippen molar-refractivity contribution in [2.45, 2.75) is 31.2 Å². The Morgan fingerprint density at radius 2 is 1.93 bits per heavy atom. The second kappa shape index (κ2) is 9.08. The molecule has 6 nitrogen and oxygen atoms in total. The van der Waals surface area contributed by atoms with Gasteiger partial charge in [0.15, 0.2) is 11.0 Å². The number of benzene rings is 1. The molecule has 0 spiro atoms. The normalized spacial score (nSPS) is 11.4. The highest BCUT2D eigenvalue weighted by molar-refractivity contribution is 7.99. The number of amides is 1. The van der Waals surface area contributed by atoms with Crippen molar-refractivity contribution in [3.8, 4) is 11.4 Å². The fourth-order valence-electron chi connectivity index (χ4n) is 2.64. The summed E-state index contributed by atoms with van der Waals surface area (Å²) >= 11 is 1.18. The van der Waals surface area contributed by atoms with E-state index in [0.717, 1.165) is 24.1 Å². The molecule has 2 aromatic heterocycles. The average molecular weight is 421 g/mol. The summed E-state index contributed by atoms with van der Waals surface area (Å²) in [5.74, 6) is 0.245. The van der Waals surface area contributed by atoms with E-state index in [1.54, 1.807) is 12.4 Å². The molecule has 0 bridgehead atoms. The molecule has 0 aliphatic heterocycles. The minimum absolute atomic E-state index is 0.00552. The van der Waals surface area contributed by atoms with E-state index in [-0.39, 0.29) is 11.4 Å². The summed E-state index contributed by atoms with van der Waals surface area (Å²) in [5.41, 5.74) is 0.145. The van der Waals surface area contributed by atoms with Gasteiger partial charge in [-0.1, -0.05) is 24.8 Å². The molecule has 3 aromatic rings. The maximum absolute atomic E-state index is 12.8. The summed E-state index contributed by atoms with van der Waals surface area (Å²) in [4.78, 5) is 16.2. The van der Waals surface area contributed by atoms with Crippen molar-refractivity contribution >= 4 is 23.4 Å². The van der Waals surface area contributed by atoms with E-state index in [1.807, 2.05) is 23.6 Å². The lowest BCUT2D eigenvalue weighted by Crippen LogP contribution is -2.15. The van der Waals surface area contributed by atoms with Gasteiger partial charge in [0.05, 0.1) is 11.3 Å². The minimum atomic E-state index is -4.46. The van der Waals surface area contributed by atoms with Crippen LogP contribution in [0.25, 0.3) is 11.4 Å². The molecular weight excluding hydrogens is 403 g/mol. The second-order valence-electron chi connectivity index (χ2n) is 6.11. The van der Waals surface area contributed by atoms with Gasteiger partial charge in [-0.15, -0.1) is 10.2 Å². The lowest BCUT2D eigenvalue weighted by atomic mass is 10.2. The molecule has 0 aliphatic rings. The van der Waals surface area contributed by atoms with Crippen LogP contribution in [-0.2, 0) is 17.5 Å². The number of pyridine rings is 1. The summed E-state index contributed by atoms with van der Waals surface area (Å²) < 4.78 is 40.3. The van der Waals surface area contributed by atoms with Crippen LogP contribution in [0.3, 0.4) is 0 Å². The van der Waals surface area contributed by atoms with Crippen LogP contribution in [0.5, 0.6) is 0 Å². The molecule has 0 fully saturated rings. The number of carbonyl (C=O) groups is 1. The quantitative estimate of drug-likeness (QED) is 0.569. The van der Waals surface area contributed by atoms with Crippen LogP contribution in [0.4, 0.5) is 18.9 Å². The zero-order chi connectivity index (χ0) is 20.9. The van der Waals surface area contributed by atoms with E-state index in [0.29, 0.717) is 17.5 Å². The summed E-state index contributed by atoms with van der Waals surface area (Å²) in [6.45, 7) is 2.69. The molecule has 0 saturated carbocycles. The van der Waals surface area contributed by atoms with E-state index in [9.17, 15) is 18.0 Å². The van der Waals surface area contributed by atoms with Crippen molar-refractivity contribution in [2.24, 2.45) is 0 Å². The molecule has 152 valence electrons. The zero-order valence-electron chi connectivity index (χ0n) is 15.5. The Bertz CT molecular complexity index is 975. The standard InChI is InChI=1S/C19H18F3N5OS/c1-2-10-27-17(13-6-8-23-9-7-13)25-26-18(27)29-12-16(28)24-15-5-3-4-14(11-15)19(20,21)22/h3-9,11H,2,10,12H2,1H3,(H,24,28). The first-order chi connectivity index (χ1) is 13.9. The molecule has 0 aliphatic carbocycles. The van der Waals surface area contributed by atoms with Gasteiger partial charge in [0, 0.05) is 30.2 Å². The number of alkyl halides is 3. The Labute approximate surface area is 169 Å². The summed E-state index contributed by atoms with van der Waals surface area (Å²) in [6.07, 6.45) is -0.291. The first-order valence-electron chi connectivity index (χ1n) is 8.82. The van der Waals surface area contributed by atoms with E-state index in [2.05, 4.69) is 20.5 Å². The summed E-state index contributed by atoms with van der Waals surface area (Å²) in [7, 11) is 0. The van der Waals surface area contributed by atoms with Gasteiger partial charge < -0.3 is 9.88 Å². The fourth-order valence-corrected chi connectivity index (χ4v) is 3.40. The summed E-state index contributed by atoms with van der Waals surface area (Å²) in [5, 5.41) is 11.4. The van der Waals surface area contributed by atoms with Gasteiger partial charge in [-0.3, -0.25) is 9.78 Å². The van der Waals surface area contributed by atoms with Gasteiger partial charge in [0.25, 0.3) is 0 Å². The van der Waals surface area contributed by atoms with E-state index < -0.39 is 17.6 Å². The number of rotatable bonds is 7. The van der Waals surface area contributed by atoms with Gasteiger partial charge in [-0.2, -0.15) is 13.2 Å². The van der Waals surface area contributed by atoms with Crippen LogP contribution >= 0.6 is 11.8 Å². The van der Waals surface area contributed by atoms with Crippen LogP contribution in [0.15, 0.2) is 53.9 Å². The van der Waals surface area contributed by atoms with E-state index in [4.69, 9.17) is 0 Å². The zero-order valence-corrected chi connectivity index (χ0v) is 16.3. The van der Waals surface area contributed by atoms with Gasteiger partial charge in [0.2, 0.25) is 5.91 Å². The second-order valence-corrected chi connectivity index (χ2v) is 7.05. The first kappa shape index (κ1) is 20.8. The molecule has 29 heavy (non-hydrogen) atoms. The Morgan fingerprint density at radius 3 is 2.62 bits per heavy atom. The largest absolute Gasteiger partial charge is 0.416 e. The minimum Gasteiger partial charge on any atom is -0.325 e. The predicted octanol–water partition coefficient (Wildman–Crippen LogP) is 4.50. The highest BCUT2D eigenvalue weighted by atomic mass is 32.2. The van der Waals surface area contributed by atoms with Crippen LogP contribution in [0.1, 0.15) is 18.9 Å². The Hall–Kier alpha value is -2.88. The number of nitrogens with one attached hydrogen (secondary N) is 1. The van der Waals surface area contributed by atoms with Crippen molar-refractivity contribution in [1.29, 1.82) is 0 Å². The van der Waals surface area contributed by atoms with Gasteiger partial charge in [-0.25, -0.2) is 0 Å². The lowest BCUT2D eigenvalue weighted by molar-refractivity contribution is -0.137. The topological polar surface area (TPSA) is 72.7 Å². The van der Waals surface area contributed by atoms with Crippen LogP contribution in [0, 0.1) is 0 Å². The Balaban J connectivity index is 1.68. The highest BCUT2D eigenvalue weighted by Crippen LogP contribution is 2.31. The van der Waals surface area contributed by atoms with E-state index >= 15 is 0 Å². The monoisotopic (exact) mass is 421 g/mol. The number of carbonyl (C=O) groups excluding carboxylic acids is 1. The number of halogens is 3. The van der Waals surface area contributed by atoms with Crippen LogP contribution < -0.4 is 5.32 Å². The third kappa shape index (κ3) is 5.35. The molecule has 3 rings (SSSR count). The molecule has 1 N–H and O–H groups in total. The number of aromatic nitrogens is 4. The molecule has 2 heterocycles. The summed E-state index contributed by atoms with van der Waals surface area (Å²) in [6, 6.07) is 8.18. The Kier molecular flexibility index (Phi) is 6.53. The van der Waals surface area contributed by atoms with Gasteiger partial charge >= 0.3 is 6.18 Å². The Morgan fingerprint density at radius 1 is 1.17 bits per heavy atom. The van der Waals surface area contributed by atoms with Crippen molar-refractivity contribution < 1.29 is 18.0 Å². The van der Waals surface area contributed by atoms with Crippen molar-refractivity contribution in [2.75, 3.05) is 11.1 Å². The number of nitrogens with zero attached hydrogens (tertiary/aromatic N) is 4. The third-order valence-electron chi connectivity index (χ3n) is 3.91. The number of hydrogen-bond acceptors (Lipinski definition) is 5. The first-order valence-corrected chi connectivity index (χ1v) is 9.80. The fraction of sp³-hybridized carbons (Fsp3) is 0.263. The average Bonchev–Trinajstić information content (AvgIpc) is 3.09. The van der Waals surface area contributed by atoms with Crippen molar-refractivity contribution in [3.05, 3.63) is 54.4 Å². The molecular formula is C19H18F3N5OS. The number of thioether (sulfide) groups is 1. The van der Waals surface area contributed by atoms with E-state index in [1.165, 1.54) is 23.9 Å². The van der Waals surface area contributed by atoms with Crippen molar-refractivity contribution in [3.63, 3.8) is 0 Å². The molecule has 0 atom stereocenters. The smallest absolute Gasteiger partial charge is 0.325 e. The highest BCUT2D eigenvalue weighted by Gasteiger charge is 2.30. The lowest BCUT2D eigenvalue weighted by Gasteiger charge is -2.10. The third-order valence-corrected chi connectivity index (χ3v) is 4.88. The maximum atomic E-state index is 12.8. The molecule has 0 radical (unpaired) electrons. The van der Waals surface area contributed by atoms with Crippen molar-refractivity contribution in [1.82, 2.24) is 19.7 Å². The number of anilines is 1. The molecule has 1 amide bonds. The van der Waals surface area contributed by atoms with Crippen LogP contribution in [-0.4, -0.2) is 31.4 Å². The molecule has 0 saturated heterocycles. The maximum Gasteiger partial charge on any atom is 0.416 e. The molecule has 1 aromatic carbocycles. The molecule has 10 heteroatoms. The predicted molar refractivity (Wildman–Crippen MR) is 104 cm³/mol. The molecule has 0 unspecified atom stereocenters. The van der Waals surface area contributed by atoms with Gasteiger partial charge in [-0.05, 0) is 36.8 Å².